The van der Waals surface area contributed by atoms with Crippen LogP contribution in [0.3, 0.4) is 0 Å². The van der Waals surface area contributed by atoms with Crippen LogP contribution in [0.15, 0.2) is 66.0 Å². The number of aromatic amines is 1. The van der Waals surface area contributed by atoms with Crippen LogP contribution in [-0.4, -0.2) is 20.7 Å². The average molecular weight is 303 g/mol. The Labute approximate surface area is 134 Å². The molecule has 1 atom stereocenters. The van der Waals surface area contributed by atoms with Gasteiger partial charge in [0.25, 0.3) is 0 Å². The molecule has 0 bridgehead atoms. The highest BCUT2D eigenvalue weighted by Gasteiger charge is 2.20. The summed E-state index contributed by atoms with van der Waals surface area (Å²) in [5.41, 5.74) is 8.32. The predicted molar refractivity (Wildman–Crippen MR) is 89.9 cm³/mol. The Morgan fingerprint density at radius 1 is 0.870 bits per heavy atom. The minimum Gasteiger partial charge on any atom is -0.355 e. The third kappa shape index (κ3) is 2.85. The second kappa shape index (κ2) is 6.04. The van der Waals surface area contributed by atoms with Crippen LogP contribution in [-0.2, 0) is 0 Å². The van der Waals surface area contributed by atoms with Crippen LogP contribution in [0.5, 0.6) is 0 Å². The summed E-state index contributed by atoms with van der Waals surface area (Å²) in [5, 5.41) is 4.51. The molecule has 2 N–H and O–H groups in total. The molecule has 1 unspecified atom stereocenters. The summed E-state index contributed by atoms with van der Waals surface area (Å²) in [7, 11) is 0. The lowest BCUT2D eigenvalue weighted by Gasteiger charge is -2.21. The molecule has 0 radical (unpaired) electrons. The Balaban J connectivity index is 1.51. The fourth-order valence-electron chi connectivity index (χ4n) is 2.79. The number of nitrogens with zero attached hydrogens (tertiary/aromatic N) is 3. The summed E-state index contributed by atoms with van der Waals surface area (Å²) in [4.78, 5) is 12.2. The summed E-state index contributed by atoms with van der Waals surface area (Å²) >= 11 is 0. The number of hydrogen-bond donors (Lipinski definition) is 2. The Morgan fingerprint density at radius 3 is 2.30 bits per heavy atom. The summed E-state index contributed by atoms with van der Waals surface area (Å²) in [6, 6.07) is 16.2. The van der Waals surface area contributed by atoms with E-state index in [1.165, 1.54) is 0 Å². The highest BCUT2D eigenvalue weighted by molar-refractivity contribution is 5.99. The minimum atomic E-state index is 0.194. The van der Waals surface area contributed by atoms with Crippen LogP contribution in [0.2, 0.25) is 0 Å². The lowest BCUT2D eigenvalue weighted by molar-refractivity contribution is 0.495. The highest BCUT2D eigenvalue weighted by Crippen LogP contribution is 2.25. The maximum Gasteiger partial charge on any atom is 0.0864 e. The van der Waals surface area contributed by atoms with E-state index in [2.05, 4.69) is 37.6 Å². The molecule has 0 amide bonds. The highest BCUT2D eigenvalue weighted by atomic mass is 15.3. The number of H-pyrrole nitrogens is 1. The van der Waals surface area contributed by atoms with Crippen LogP contribution in [0.25, 0.3) is 11.4 Å². The third-order valence-electron chi connectivity index (χ3n) is 4.01. The zero-order chi connectivity index (χ0) is 15.5. The molecule has 0 aromatic carbocycles. The van der Waals surface area contributed by atoms with E-state index in [0.717, 1.165) is 41.3 Å². The molecule has 5 heteroatoms. The monoisotopic (exact) mass is 303 g/mol. The van der Waals surface area contributed by atoms with E-state index in [1.54, 1.807) is 12.4 Å². The number of rotatable bonds is 3. The molecule has 0 aliphatic carbocycles. The summed E-state index contributed by atoms with van der Waals surface area (Å²) in [6.45, 7) is 0. The van der Waals surface area contributed by atoms with Crippen molar-refractivity contribution in [2.45, 2.75) is 18.9 Å². The van der Waals surface area contributed by atoms with Gasteiger partial charge in [-0.3, -0.25) is 9.97 Å². The molecule has 0 saturated heterocycles. The smallest absolute Gasteiger partial charge is 0.0864 e. The Kier molecular flexibility index (Phi) is 3.60. The first-order valence-electron chi connectivity index (χ1n) is 7.74. The van der Waals surface area contributed by atoms with Crippen molar-refractivity contribution in [1.82, 2.24) is 20.4 Å². The van der Waals surface area contributed by atoms with Crippen LogP contribution in [0, 0.1) is 0 Å². The molecule has 114 valence electrons. The fourth-order valence-corrected chi connectivity index (χ4v) is 2.79. The quantitative estimate of drug-likeness (QED) is 0.780. The maximum atomic E-state index is 4.51. The molecule has 3 aromatic rings. The molecule has 0 spiro atoms. The summed E-state index contributed by atoms with van der Waals surface area (Å²) in [6.07, 6.45) is 5.50. The second-order valence-corrected chi connectivity index (χ2v) is 5.54. The fraction of sp³-hybridized carbons (Fsp3) is 0.167. The van der Waals surface area contributed by atoms with E-state index in [1.807, 2.05) is 36.4 Å². The van der Waals surface area contributed by atoms with Crippen molar-refractivity contribution < 1.29 is 0 Å². The zero-order valence-corrected chi connectivity index (χ0v) is 12.6. The van der Waals surface area contributed by atoms with E-state index in [9.17, 15) is 0 Å². The summed E-state index contributed by atoms with van der Waals surface area (Å²) < 4.78 is 0. The molecule has 0 fully saturated rings. The lowest BCUT2D eigenvalue weighted by Crippen LogP contribution is -2.25. The van der Waals surface area contributed by atoms with Gasteiger partial charge in [0.2, 0.25) is 0 Å². The predicted octanol–water partition coefficient (Wildman–Crippen LogP) is 3.30. The third-order valence-corrected chi connectivity index (χ3v) is 4.01. The van der Waals surface area contributed by atoms with Gasteiger partial charge in [-0.25, -0.2) is 0 Å². The molecule has 23 heavy (non-hydrogen) atoms. The largest absolute Gasteiger partial charge is 0.355 e. The van der Waals surface area contributed by atoms with Gasteiger partial charge >= 0.3 is 0 Å². The van der Waals surface area contributed by atoms with E-state index in [4.69, 9.17) is 0 Å². The average Bonchev–Trinajstić information content (AvgIpc) is 3.14. The van der Waals surface area contributed by atoms with Gasteiger partial charge in [-0.05, 0) is 49.2 Å². The SMILES string of the molecule is c1ccc(C2=NNC(c3ccc(-c4ccccn4)[nH]3)CC2)nc1. The number of hydrogen-bond acceptors (Lipinski definition) is 4. The maximum absolute atomic E-state index is 4.51. The molecule has 5 nitrogen and oxygen atoms in total. The molecule has 4 heterocycles. The Hall–Kier alpha value is -2.95. The number of nitrogens with one attached hydrogen (secondary N) is 2. The Morgan fingerprint density at radius 2 is 1.65 bits per heavy atom. The molecule has 4 rings (SSSR count). The second-order valence-electron chi connectivity index (χ2n) is 5.54. The first-order chi connectivity index (χ1) is 11.4. The topological polar surface area (TPSA) is 66.0 Å². The molecule has 0 saturated carbocycles. The van der Waals surface area contributed by atoms with Gasteiger partial charge in [0.05, 0.1) is 28.8 Å². The number of pyridine rings is 2. The van der Waals surface area contributed by atoms with Crippen molar-refractivity contribution in [3.05, 3.63) is 72.3 Å². The minimum absolute atomic E-state index is 0.194. The van der Waals surface area contributed by atoms with Gasteiger partial charge in [0.15, 0.2) is 0 Å². The Bertz CT molecular complexity index is 808. The van der Waals surface area contributed by atoms with Gasteiger partial charge in [-0.15, -0.1) is 0 Å². The van der Waals surface area contributed by atoms with Crippen LogP contribution in [0.1, 0.15) is 30.3 Å². The standard InChI is InChI=1S/C18H17N5/c1-3-11-19-13(5-1)15-7-8-16(21-15)18-10-9-17(22-23-18)14-6-2-4-12-20-14/h1-8,11-12,18,21,23H,9-10H2. The van der Waals surface area contributed by atoms with E-state index in [0.29, 0.717) is 0 Å². The first kappa shape index (κ1) is 13.7. The van der Waals surface area contributed by atoms with Crippen LogP contribution >= 0.6 is 0 Å². The van der Waals surface area contributed by atoms with Crippen molar-refractivity contribution in [2.75, 3.05) is 0 Å². The van der Waals surface area contributed by atoms with Gasteiger partial charge in [-0.1, -0.05) is 12.1 Å². The van der Waals surface area contributed by atoms with Gasteiger partial charge < -0.3 is 10.4 Å². The van der Waals surface area contributed by atoms with Gasteiger partial charge in [0, 0.05) is 18.1 Å². The lowest BCUT2D eigenvalue weighted by atomic mass is 10.0. The van der Waals surface area contributed by atoms with Crippen molar-refractivity contribution in [3.63, 3.8) is 0 Å². The summed E-state index contributed by atoms with van der Waals surface area (Å²) in [5.74, 6) is 0. The van der Waals surface area contributed by atoms with E-state index < -0.39 is 0 Å². The van der Waals surface area contributed by atoms with E-state index in [-0.39, 0.29) is 6.04 Å². The molecular formula is C18H17N5. The number of aromatic nitrogens is 3. The zero-order valence-electron chi connectivity index (χ0n) is 12.6. The van der Waals surface area contributed by atoms with Crippen LogP contribution < -0.4 is 5.43 Å². The van der Waals surface area contributed by atoms with Gasteiger partial charge in [-0.2, -0.15) is 5.10 Å². The first-order valence-corrected chi connectivity index (χ1v) is 7.74. The molecule has 3 aromatic heterocycles. The van der Waals surface area contributed by atoms with E-state index >= 15 is 0 Å². The van der Waals surface area contributed by atoms with Crippen molar-refractivity contribution in [1.29, 1.82) is 0 Å². The molecular weight excluding hydrogens is 286 g/mol. The van der Waals surface area contributed by atoms with Gasteiger partial charge in [0.1, 0.15) is 0 Å². The molecule has 1 aliphatic heterocycles. The molecule has 1 aliphatic rings. The van der Waals surface area contributed by atoms with Crippen LogP contribution in [0.4, 0.5) is 0 Å². The van der Waals surface area contributed by atoms with Crippen molar-refractivity contribution in [2.24, 2.45) is 5.10 Å². The number of hydrazone groups is 1. The van der Waals surface area contributed by atoms with Crippen molar-refractivity contribution in [3.8, 4) is 11.4 Å². The van der Waals surface area contributed by atoms with Crippen molar-refractivity contribution >= 4 is 5.71 Å². The normalized spacial score (nSPS) is 17.4.